The van der Waals surface area contributed by atoms with Crippen molar-refractivity contribution in [3.05, 3.63) is 33.9 Å². The third-order valence-electron chi connectivity index (χ3n) is 3.22. The first-order valence-corrected chi connectivity index (χ1v) is 6.59. The van der Waals surface area contributed by atoms with Gasteiger partial charge in [-0.05, 0) is 46.0 Å². The average molecular weight is 276 g/mol. The van der Waals surface area contributed by atoms with Crippen LogP contribution in [-0.4, -0.2) is 36.0 Å². The van der Waals surface area contributed by atoms with Crippen LogP contribution < -0.4 is 5.32 Å². The van der Waals surface area contributed by atoms with Gasteiger partial charge in [-0.2, -0.15) is 5.26 Å². The van der Waals surface area contributed by atoms with Gasteiger partial charge in [-0.1, -0.05) is 6.07 Å². The number of nitro benzene ring substituents is 1. The fraction of sp³-hybridized carbons (Fsp3) is 0.500. The van der Waals surface area contributed by atoms with Gasteiger partial charge in [0.25, 0.3) is 0 Å². The van der Waals surface area contributed by atoms with Crippen molar-refractivity contribution in [1.29, 1.82) is 5.26 Å². The molecule has 0 radical (unpaired) electrons. The minimum atomic E-state index is -0.513. The fourth-order valence-electron chi connectivity index (χ4n) is 1.78. The van der Waals surface area contributed by atoms with Crippen LogP contribution in [-0.2, 0) is 0 Å². The van der Waals surface area contributed by atoms with E-state index in [0.717, 1.165) is 13.0 Å². The van der Waals surface area contributed by atoms with Gasteiger partial charge in [0.2, 0.25) is 0 Å². The zero-order valence-corrected chi connectivity index (χ0v) is 12.1. The SMILES string of the molecule is CC(C)N(C)CCCNc1cccc(C#N)c1[N+](=O)[O-]. The molecule has 1 rings (SSSR count). The van der Waals surface area contributed by atoms with Gasteiger partial charge in [0.05, 0.1) is 4.92 Å². The number of hydrogen-bond acceptors (Lipinski definition) is 5. The van der Waals surface area contributed by atoms with E-state index < -0.39 is 4.92 Å². The maximum atomic E-state index is 11.0. The fourth-order valence-corrected chi connectivity index (χ4v) is 1.78. The first kappa shape index (κ1) is 15.9. The highest BCUT2D eigenvalue weighted by molar-refractivity contribution is 5.68. The van der Waals surface area contributed by atoms with E-state index in [0.29, 0.717) is 18.3 Å². The van der Waals surface area contributed by atoms with Crippen LogP contribution in [0.5, 0.6) is 0 Å². The predicted molar refractivity (Wildman–Crippen MR) is 78.7 cm³/mol. The van der Waals surface area contributed by atoms with E-state index in [1.165, 1.54) is 6.07 Å². The number of benzene rings is 1. The van der Waals surface area contributed by atoms with E-state index in [-0.39, 0.29) is 11.3 Å². The summed E-state index contributed by atoms with van der Waals surface area (Å²) in [6, 6.07) is 7.06. The van der Waals surface area contributed by atoms with E-state index in [1.807, 2.05) is 13.1 Å². The van der Waals surface area contributed by atoms with Crippen molar-refractivity contribution >= 4 is 11.4 Å². The van der Waals surface area contributed by atoms with Gasteiger partial charge in [0.1, 0.15) is 17.3 Å². The van der Waals surface area contributed by atoms with Gasteiger partial charge in [0, 0.05) is 12.6 Å². The third-order valence-corrected chi connectivity index (χ3v) is 3.22. The Morgan fingerprint density at radius 1 is 1.50 bits per heavy atom. The van der Waals surface area contributed by atoms with Crippen molar-refractivity contribution in [1.82, 2.24) is 4.90 Å². The van der Waals surface area contributed by atoms with Crippen molar-refractivity contribution in [3.63, 3.8) is 0 Å². The van der Waals surface area contributed by atoms with E-state index in [9.17, 15) is 10.1 Å². The number of nitro groups is 1. The van der Waals surface area contributed by atoms with E-state index >= 15 is 0 Å². The Bertz CT molecular complexity index is 508. The Labute approximate surface area is 119 Å². The molecule has 0 unspecified atom stereocenters. The minimum Gasteiger partial charge on any atom is -0.379 e. The first-order valence-electron chi connectivity index (χ1n) is 6.59. The molecule has 0 spiro atoms. The maximum absolute atomic E-state index is 11.0. The zero-order chi connectivity index (χ0) is 15.1. The summed E-state index contributed by atoms with van der Waals surface area (Å²) in [5, 5.41) is 23.0. The van der Waals surface area contributed by atoms with Crippen molar-refractivity contribution in [2.45, 2.75) is 26.3 Å². The molecule has 0 fully saturated rings. The van der Waals surface area contributed by atoms with Crippen LogP contribution in [0.25, 0.3) is 0 Å². The average Bonchev–Trinajstić information content (AvgIpc) is 2.42. The summed E-state index contributed by atoms with van der Waals surface area (Å²) in [4.78, 5) is 12.7. The van der Waals surface area contributed by atoms with Gasteiger partial charge < -0.3 is 10.2 Å². The molecular formula is C14H20N4O2. The molecule has 0 atom stereocenters. The number of para-hydroxylation sites is 1. The number of rotatable bonds is 7. The molecule has 0 saturated carbocycles. The van der Waals surface area contributed by atoms with Crippen LogP contribution in [0.3, 0.4) is 0 Å². The van der Waals surface area contributed by atoms with Crippen LogP contribution >= 0.6 is 0 Å². The molecule has 0 aromatic heterocycles. The van der Waals surface area contributed by atoms with E-state index in [4.69, 9.17) is 5.26 Å². The molecule has 0 saturated heterocycles. The lowest BCUT2D eigenvalue weighted by Crippen LogP contribution is -2.28. The van der Waals surface area contributed by atoms with Crippen molar-refractivity contribution in [2.75, 3.05) is 25.5 Å². The molecule has 1 aromatic carbocycles. The summed E-state index contributed by atoms with van der Waals surface area (Å²) in [5.74, 6) is 0. The van der Waals surface area contributed by atoms with Crippen molar-refractivity contribution < 1.29 is 4.92 Å². The summed E-state index contributed by atoms with van der Waals surface area (Å²) in [7, 11) is 2.05. The summed E-state index contributed by atoms with van der Waals surface area (Å²) < 4.78 is 0. The number of anilines is 1. The third kappa shape index (κ3) is 4.21. The maximum Gasteiger partial charge on any atom is 0.309 e. The Kier molecular flexibility index (Phi) is 5.94. The molecular weight excluding hydrogens is 256 g/mol. The summed E-state index contributed by atoms with van der Waals surface area (Å²) >= 11 is 0. The smallest absolute Gasteiger partial charge is 0.309 e. The Balaban J connectivity index is 2.65. The lowest BCUT2D eigenvalue weighted by Gasteiger charge is -2.20. The molecule has 1 N–H and O–H groups in total. The second kappa shape index (κ2) is 7.46. The predicted octanol–water partition coefficient (Wildman–Crippen LogP) is 2.61. The van der Waals surface area contributed by atoms with Crippen molar-refractivity contribution in [3.8, 4) is 6.07 Å². The van der Waals surface area contributed by atoms with Gasteiger partial charge in [-0.3, -0.25) is 10.1 Å². The van der Waals surface area contributed by atoms with Gasteiger partial charge in [-0.15, -0.1) is 0 Å². The Morgan fingerprint density at radius 3 is 2.75 bits per heavy atom. The molecule has 0 aliphatic rings. The van der Waals surface area contributed by atoms with Crippen LogP contribution in [0, 0.1) is 21.4 Å². The highest BCUT2D eigenvalue weighted by Crippen LogP contribution is 2.27. The molecule has 1 aromatic rings. The largest absolute Gasteiger partial charge is 0.379 e. The molecule has 6 heteroatoms. The summed E-state index contributed by atoms with van der Waals surface area (Å²) in [6.07, 6.45) is 0.878. The Morgan fingerprint density at radius 2 is 2.20 bits per heavy atom. The standard InChI is InChI=1S/C14H20N4O2/c1-11(2)17(3)9-5-8-16-13-7-4-6-12(10-15)14(13)18(19)20/h4,6-7,11,16H,5,8-9H2,1-3H3. The summed E-state index contributed by atoms with van der Waals surface area (Å²) in [6.45, 7) is 5.78. The number of nitrogens with zero attached hydrogens (tertiary/aromatic N) is 3. The highest BCUT2D eigenvalue weighted by atomic mass is 16.6. The lowest BCUT2D eigenvalue weighted by atomic mass is 10.1. The van der Waals surface area contributed by atoms with Crippen LogP contribution in [0.1, 0.15) is 25.8 Å². The van der Waals surface area contributed by atoms with Gasteiger partial charge >= 0.3 is 5.69 Å². The van der Waals surface area contributed by atoms with Crippen molar-refractivity contribution in [2.24, 2.45) is 0 Å². The molecule has 0 amide bonds. The number of hydrogen-bond donors (Lipinski definition) is 1. The number of nitriles is 1. The highest BCUT2D eigenvalue weighted by Gasteiger charge is 2.18. The number of nitrogens with one attached hydrogen (secondary N) is 1. The van der Waals surface area contributed by atoms with Crippen LogP contribution in [0.15, 0.2) is 18.2 Å². The van der Waals surface area contributed by atoms with Gasteiger partial charge in [0.15, 0.2) is 0 Å². The molecule has 0 bridgehead atoms. The molecule has 0 aliphatic carbocycles. The molecule has 0 aliphatic heterocycles. The zero-order valence-electron chi connectivity index (χ0n) is 12.1. The second-order valence-corrected chi connectivity index (χ2v) is 4.93. The molecule has 108 valence electrons. The lowest BCUT2D eigenvalue weighted by molar-refractivity contribution is -0.384. The van der Waals surface area contributed by atoms with Crippen LogP contribution in [0.4, 0.5) is 11.4 Å². The quantitative estimate of drug-likeness (QED) is 0.470. The molecule has 20 heavy (non-hydrogen) atoms. The summed E-state index contributed by atoms with van der Waals surface area (Å²) in [5.41, 5.74) is 0.341. The normalized spacial score (nSPS) is 10.6. The van der Waals surface area contributed by atoms with Crippen LogP contribution in [0.2, 0.25) is 0 Å². The minimum absolute atomic E-state index is 0.0827. The van der Waals surface area contributed by atoms with E-state index in [1.54, 1.807) is 12.1 Å². The van der Waals surface area contributed by atoms with E-state index in [2.05, 4.69) is 24.1 Å². The molecule has 6 nitrogen and oxygen atoms in total. The van der Waals surface area contributed by atoms with Gasteiger partial charge in [-0.25, -0.2) is 0 Å². The second-order valence-electron chi connectivity index (χ2n) is 4.93. The molecule has 0 heterocycles. The topological polar surface area (TPSA) is 82.2 Å². The Hall–Kier alpha value is -2.13. The first-order chi connectivity index (χ1) is 9.47. The monoisotopic (exact) mass is 276 g/mol.